The summed E-state index contributed by atoms with van der Waals surface area (Å²) in [5.41, 5.74) is 1.16. The minimum Gasteiger partial charge on any atom is -0.469 e. The van der Waals surface area contributed by atoms with Crippen molar-refractivity contribution in [1.29, 1.82) is 0 Å². The number of halogens is 3. The number of methoxy groups -OCH3 is 1. The monoisotopic (exact) mass is 453 g/mol. The SMILES string of the molecule is COC(=O)C[C@H]1c2cccnc2Oc2ccc3c(c21)O/C(=C\c1cc(F)c(F)c(F)c1)C3=O. The van der Waals surface area contributed by atoms with Crippen molar-refractivity contribution < 1.29 is 37.0 Å². The van der Waals surface area contributed by atoms with Gasteiger partial charge in [0.05, 0.1) is 19.1 Å². The van der Waals surface area contributed by atoms with Gasteiger partial charge in [0.2, 0.25) is 11.7 Å². The second-order valence-corrected chi connectivity index (χ2v) is 7.43. The third-order valence-corrected chi connectivity index (χ3v) is 5.47. The third-order valence-electron chi connectivity index (χ3n) is 5.47. The summed E-state index contributed by atoms with van der Waals surface area (Å²) >= 11 is 0. The summed E-state index contributed by atoms with van der Waals surface area (Å²) in [5, 5.41) is 0. The van der Waals surface area contributed by atoms with E-state index in [0.29, 0.717) is 22.8 Å². The largest absolute Gasteiger partial charge is 0.469 e. The van der Waals surface area contributed by atoms with Gasteiger partial charge in [-0.1, -0.05) is 6.07 Å². The molecular weight excluding hydrogens is 439 g/mol. The summed E-state index contributed by atoms with van der Waals surface area (Å²) < 4.78 is 57.0. The highest BCUT2D eigenvalue weighted by Gasteiger charge is 2.39. The lowest BCUT2D eigenvalue weighted by atomic mass is 9.85. The van der Waals surface area contributed by atoms with Gasteiger partial charge in [0, 0.05) is 23.2 Å². The Balaban J connectivity index is 1.61. The number of hydrogen-bond acceptors (Lipinski definition) is 6. The molecule has 0 saturated carbocycles. The van der Waals surface area contributed by atoms with Crippen LogP contribution in [0.3, 0.4) is 0 Å². The number of esters is 1. The highest BCUT2D eigenvalue weighted by atomic mass is 19.2. The molecule has 0 bridgehead atoms. The average molecular weight is 453 g/mol. The van der Waals surface area contributed by atoms with Crippen LogP contribution in [0.1, 0.15) is 39.4 Å². The number of rotatable bonds is 3. The van der Waals surface area contributed by atoms with E-state index in [9.17, 15) is 22.8 Å². The molecule has 33 heavy (non-hydrogen) atoms. The molecule has 166 valence electrons. The molecule has 0 radical (unpaired) electrons. The van der Waals surface area contributed by atoms with E-state index in [1.807, 2.05) is 0 Å². The van der Waals surface area contributed by atoms with Gasteiger partial charge in [-0.25, -0.2) is 18.2 Å². The van der Waals surface area contributed by atoms with Gasteiger partial charge in [-0.2, -0.15) is 0 Å². The summed E-state index contributed by atoms with van der Waals surface area (Å²) in [4.78, 5) is 29.3. The molecule has 0 spiro atoms. The summed E-state index contributed by atoms with van der Waals surface area (Å²) in [5.74, 6) is -5.37. The molecular formula is C24H14F3NO5. The number of hydrogen-bond donors (Lipinski definition) is 0. The zero-order valence-electron chi connectivity index (χ0n) is 17.0. The van der Waals surface area contributed by atoms with Crippen LogP contribution < -0.4 is 9.47 Å². The van der Waals surface area contributed by atoms with Crippen LogP contribution in [0.15, 0.2) is 48.4 Å². The minimum atomic E-state index is -1.61. The van der Waals surface area contributed by atoms with Gasteiger partial charge in [-0.3, -0.25) is 9.59 Å². The molecule has 2 aromatic carbocycles. The number of carbonyl (C=O) groups excluding carboxylic acids is 2. The fourth-order valence-corrected chi connectivity index (χ4v) is 3.96. The van der Waals surface area contributed by atoms with Crippen LogP contribution in [0.5, 0.6) is 17.4 Å². The fraction of sp³-hybridized carbons (Fsp3) is 0.125. The van der Waals surface area contributed by atoms with E-state index in [1.165, 1.54) is 13.2 Å². The number of pyridine rings is 1. The number of ether oxygens (including phenoxy) is 3. The smallest absolute Gasteiger partial charge is 0.306 e. The Morgan fingerprint density at radius 3 is 2.64 bits per heavy atom. The number of benzene rings is 2. The van der Waals surface area contributed by atoms with Crippen LogP contribution >= 0.6 is 0 Å². The van der Waals surface area contributed by atoms with Crippen molar-refractivity contribution in [3.05, 3.63) is 88.1 Å². The van der Waals surface area contributed by atoms with Crippen LogP contribution in [0.2, 0.25) is 0 Å². The first kappa shape index (κ1) is 20.7. The van der Waals surface area contributed by atoms with Crippen molar-refractivity contribution in [2.24, 2.45) is 0 Å². The zero-order valence-corrected chi connectivity index (χ0v) is 17.0. The molecule has 0 aliphatic carbocycles. The number of ketones is 1. The lowest BCUT2D eigenvalue weighted by Crippen LogP contribution is -2.16. The molecule has 0 unspecified atom stereocenters. The quantitative estimate of drug-likeness (QED) is 0.319. The highest BCUT2D eigenvalue weighted by Crippen LogP contribution is 2.52. The van der Waals surface area contributed by atoms with E-state index in [-0.39, 0.29) is 29.1 Å². The van der Waals surface area contributed by atoms with Gasteiger partial charge >= 0.3 is 5.97 Å². The van der Waals surface area contributed by atoms with Crippen molar-refractivity contribution in [3.8, 4) is 17.4 Å². The second-order valence-electron chi connectivity index (χ2n) is 7.43. The molecule has 6 nitrogen and oxygen atoms in total. The summed E-state index contributed by atoms with van der Waals surface area (Å²) in [6, 6.07) is 8.01. The lowest BCUT2D eigenvalue weighted by molar-refractivity contribution is -0.140. The average Bonchev–Trinajstić information content (AvgIpc) is 3.12. The summed E-state index contributed by atoms with van der Waals surface area (Å²) in [6.07, 6.45) is 2.61. The predicted molar refractivity (Wildman–Crippen MR) is 108 cm³/mol. The fourth-order valence-electron chi connectivity index (χ4n) is 3.96. The van der Waals surface area contributed by atoms with Crippen molar-refractivity contribution in [2.45, 2.75) is 12.3 Å². The van der Waals surface area contributed by atoms with E-state index >= 15 is 0 Å². The number of fused-ring (bicyclic) bond motifs is 4. The van der Waals surface area contributed by atoms with Gasteiger partial charge in [-0.05, 0) is 42.0 Å². The summed E-state index contributed by atoms with van der Waals surface area (Å²) in [7, 11) is 1.27. The van der Waals surface area contributed by atoms with Gasteiger partial charge in [0.1, 0.15) is 11.5 Å². The molecule has 1 aromatic heterocycles. The molecule has 5 rings (SSSR count). The Morgan fingerprint density at radius 1 is 1.15 bits per heavy atom. The third kappa shape index (κ3) is 3.42. The first-order chi connectivity index (χ1) is 15.9. The van der Waals surface area contributed by atoms with Crippen LogP contribution in [0.4, 0.5) is 13.2 Å². The van der Waals surface area contributed by atoms with Crippen LogP contribution in [0, 0.1) is 17.5 Å². The molecule has 9 heteroatoms. The van der Waals surface area contributed by atoms with E-state index in [4.69, 9.17) is 14.2 Å². The van der Waals surface area contributed by atoms with Gasteiger partial charge in [-0.15, -0.1) is 0 Å². The van der Waals surface area contributed by atoms with Gasteiger partial charge < -0.3 is 14.2 Å². The van der Waals surface area contributed by atoms with Crippen molar-refractivity contribution in [2.75, 3.05) is 7.11 Å². The standard InChI is InChI=1S/C24H14F3NO5/c1-31-19(29)10-14-12-3-2-6-28-24(12)33-17-5-4-13-22(30)18(32-23(13)20(14)17)9-11-7-15(25)21(27)16(26)8-11/h2-9,14H,10H2,1H3/b18-9-/t14-/m0/s1. The van der Waals surface area contributed by atoms with Crippen molar-refractivity contribution >= 4 is 17.8 Å². The van der Waals surface area contributed by atoms with E-state index < -0.39 is 35.1 Å². The first-order valence-electron chi connectivity index (χ1n) is 9.82. The van der Waals surface area contributed by atoms with E-state index in [0.717, 1.165) is 18.2 Å². The maximum Gasteiger partial charge on any atom is 0.306 e. The Kier molecular flexibility index (Phi) is 4.88. The zero-order chi connectivity index (χ0) is 23.3. The number of aromatic nitrogens is 1. The Labute approximate surface area is 185 Å². The van der Waals surface area contributed by atoms with Gasteiger partial charge in [0.15, 0.2) is 23.2 Å². The van der Waals surface area contributed by atoms with Gasteiger partial charge in [0.25, 0.3) is 0 Å². The number of Topliss-reactive ketones (excluding diaryl/α,β-unsaturated/α-hetero) is 1. The molecule has 3 aromatic rings. The van der Waals surface area contributed by atoms with E-state index in [1.54, 1.807) is 24.4 Å². The normalized spacial score (nSPS) is 17.0. The molecule has 1 atom stereocenters. The molecule has 3 heterocycles. The van der Waals surface area contributed by atoms with Crippen molar-refractivity contribution in [1.82, 2.24) is 4.98 Å². The van der Waals surface area contributed by atoms with Crippen molar-refractivity contribution in [3.63, 3.8) is 0 Å². The number of carbonyl (C=O) groups is 2. The van der Waals surface area contributed by atoms with E-state index in [2.05, 4.69) is 4.98 Å². The first-order valence-corrected chi connectivity index (χ1v) is 9.82. The Morgan fingerprint density at radius 2 is 1.91 bits per heavy atom. The van der Waals surface area contributed by atoms with Crippen LogP contribution in [-0.4, -0.2) is 23.8 Å². The highest BCUT2D eigenvalue weighted by molar-refractivity contribution is 6.15. The molecule has 2 aliphatic rings. The maximum absolute atomic E-state index is 13.6. The molecule has 0 saturated heterocycles. The summed E-state index contributed by atoms with van der Waals surface area (Å²) in [6.45, 7) is 0. The Hall–Kier alpha value is -4.14. The topological polar surface area (TPSA) is 74.7 Å². The molecule has 0 N–H and O–H groups in total. The number of nitrogens with zero attached hydrogens (tertiary/aromatic N) is 1. The van der Waals surface area contributed by atoms with Crippen LogP contribution in [0.25, 0.3) is 6.08 Å². The molecule has 0 amide bonds. The minimum absolute atomic E-state index is 0.0625. The molecule has 2 aliphatic heterocycles. The van der Waals surface area contributed by atoms with Crippen LogP contribution in [-0.2, 0) is 9.53 Å². The molecule has 0 fully saturated rings. The predicted octanol–water partition coefficient (Wildman–Crippen LogP) is 4.92. The number of allylic oxidation sites excluding steroid dienone is 1. The maximum atomic E-state index is 13.6. The second kappa shape index (κ2) is 7.77. The Bertz CT molecular complexity index is 1350. The lowest BCUT2D eigenvalue weighted by Gasteiger charge is -2.27.